The van der Waals surface area contributed by atoms with E-state index in [1.54, 1.807) is 0 Å². The SMILES string of the molecule is O=[N+]([O-])c1ccc(OCc2ccc(F)c(F)c2)c(CO)c1. The molecular formula is C14H11F2NO4. The van der Waals surface area contributed by atoms with Gasteiger partial charge in [-0.15, -0.1) is 0 Å². The minimum atomic E-state index is -0.984. The van der Waals surface area contributed by atoms with Crippen molar-refractivity contribution < 1.29 is 23.5 Å². The number of nitro benzene ring substituents is 1. The molecule has 7 heteroatoms. The second-order valence-electron chi connectivity index (χ2n) is 4.24. The molecular weight excluding hydrogens is 284 g/mol. The summed E-state index contributed by atoms with van der Waals surface area (Å²) >= 11 is 0. The van der Waals surface area contributed by atoms with Crippen LogP contribution in [0.1, 0.15) is 11.1 Å². The minimum Gasteiger partial charge on any atom is -0.489 e. The van der Waals surface area contributed by atoms with Crippen molar-refractivity contribution in [3.63, 3.8) is 0 Å². The number of hydrogen-bond donors (Lipinski definition) is 1. The topological polar surface area (TPSA) is 72.6 Å². The van der Waals surface area contributed by atoms with E-state index in [4.69, 9.17) is 4.74 Å². The summed E-state index contributed by atoms with van der Waals surface area (Å²) in [7, 11) is 0. The van der Waals surface area contributed by atoms with Crippen LogP contribution in [0.2, 0.25) is 0 Å². The van der Waals surface area contributed by atoms with Crippen LogP contribution in [0.3, 0.4) is 0 Å². The van der Waals surface area contributed by atoms with Crippen LogP contribution in [0.5, 0.6) is 5.75 Å². The Labute approximate surface area is 118 Å². The van der Waals surface area contributed by atoms with Gasteiger partial charge in [0.05, 0.1) is 11.5 Å². The van der Waals surface area contributed by atoms with Gasteiger partial charge in [0.2, 0.25) is 0 Å². The van der Waals surface area contributed by atoms with Gasteiger partial charge in [-0.3, -0.25) is 10.1 Å². The van der Waals surface area contributed by atoms with E-state index < -0.39 is 23.2 Å². The van der Waals surface area contributed by atoms with Gasteiger partial charge in [-0.1, -0.05) is 6.07 Å². The molecule has 5 nitrogen and oxygen atoms in total. The number of hydrogen-bond acceptors (Lipinski definition) is 4. The van der Waals surface area contributed by atoms with Crippen LogP contribution in [0.4, 0.5) is 14.5 Å². The highest BCUT2D eigenvalue weighted by Gasteiger charge is 2.11. The zero-order valence-electron chi connectivity index (χ0n) is 10.8. The van der Waals surface area contributed by atoms with Gasteiger partial charge in [0.25, 0.3) is 5.69 Å². The van der Waals surface area contributed by atoms with Crippen molar-refractivity contribution in [3.05, 3.63) is 69.3 Å². The normalized spacial score (nSPS) is 10.4. The van der Waals surface area contributed by atoms with Crippen LogP contribution in [0.25, 0.3) is 0 Å². The van der Waals surface area contributed by atoms with E-state index in [-0.39, 0.29) is 23.6 Å². The quantitative estimate of drug-likeness (QED) is 0.680. The summed E-state index contributed by atoms with van der Waals surface area (Å²) in [6.07, 6.45) is 0. The number of nitro groups is 1. The van der Waals surface area contributed by atoms with Crippen molar-refractivity contribution >= 4 is 5.69 Å². The molecule has 0 aromatic heterocycles. The smallest absolute Gasteiger partial charge is 0.270 e. The molecule has 0 heterocycles. The van der Waals surface area contributed by atoms with Crippen LogP contribution >= 0.6 is 0 Å². The first kappa shape index (κ1) is 14.9. The van der Waals surface area contributed by atoms with Gasteiger partial charge in [0, 0.05) is 17.7 Å². The number of nitrogens with zero attached hydrogens (tertiary/aromatic N) is 1. The van der Waals surface area contributed by atoms with E-state index in [1.165, 1.54) is 24.3 Å². The Balaban J connectivity index is 2.15. The Kier molecular flexibility index (Phi) is 4.44. The van der Waals surface area contributed by atoms with Crippen molar-refractivity contribution in [2.24, 2.45) is 0 Å². The molecule has 0 amide bonds. The molecule has 0 aliphatic carbocycles. The van der Waals surface area contributed by atoms with E-state index in [1.807, 2.05) is 0 Å². The Morgan fingerprint density at radius 1 is 1.14 bits per heavy atom. The zero-order valence-corrected chi connectivity index (χ0v) is 10.8. The van der Waals surface area contributed by atoms with Crippen molar-refractivity contribution in [3.8, 4) is 5.75 Å². The highest BCUT2D eigenvalue weighted by molar-refractivity contribution is 5.43. The Bertz CT molecular complexity index is 676. The standard InChI is InChI=1S/C14H11F2NO4/c15-12-3-1-9(5-13(12)16)8-21-14-4-2-11(17(19)20)6-10(14)7-18/h1-6,18H,7-8H2. The minimum absolute atomic E-state index is 0.0536. The van der Waals surface area contributed by atoms with Crippen LogP contribution in [0, 0.1) is 21.7 Å². The molecule has 0 bridgehead atoms. The van der Waals surface area contributed by atoms with Crippen LogP contribution < -0.4 is 4.74 Å². The number of rotatable bonds is 5. The van der Waals surface area contributed by atoms with Crippen molar-refractivity contribution in [2.75, 3.05) is 0 Å². The van der Waals surface area contributed by atoms with Crippen LogP contribution in [-0.2, 0) is 13.2 Å². The van der Waals surface area contributed by atoms with Crippen LogP contribution in [0.15, 0.2) is 36.4 Å². The summed E-state index contributed by atoms with van der Waals surface area (Å²) in [5, 5.41) is 19.8. The lowest BCUT2D eigenvalue weighted by Crippen LogP contribution is -2.01. The maximum absolute atomic E-state index is 13.0. The van der Waals surface area contributed by atoms with E-state index in [9.17, 15) is 24.0 Å². The number of non-ortho nitro benzene ring substituents is 1. The number of aliphatic hydroxyl groups is 1. The average Bonchev–Trinajstić information content (AvgIpc) is 2.48. The summed E-state index contributed by atoms with van der Waals surface area (Å²) in [6, 6.07) is 7.13. The summed E-state index contributed by atoms with van der Waals surface area (Å²) < 4.78 is 31.2. The Morgan fingerprint density at radius 3 is 2.52 bits per heavy atom. The first-order valence-corrected chi connectivity index (χ1v) is 5.96. The zero-order chi connectivity index (χ0) is 15.4. The lowest BCUT2D eigenvalue weighted by Gasteiger charge is -2.10. The summed E-state index contributed by atoms with van der Waals surface area (Å²) in [5.41, 5.74) is 0.474. The average molecular weight is 295 g/mol. The van der Waals surface area contributed by atoms with Gasteiger partial charge in [0.1, 0.15) is 12.4 Å². The lowest BCUT2D eigenvalue weighted by atomic mass is 10.2. The van der Waals surface area contributed by atoms with E-state index in [2.05, 4.69) is 0 Å². The fraction of sp³-hybridized carbons (Fsp3) is 0.143. The molecule has 0 radical (unpaired) electrons. The second-order valence-corrected chi connectivity index (χ2v) is 4.24. The molecule has 0 spiro atoms. The van der Waals surface area contributed by atoms with Gasteiger partial charge in [-0.2, -0.15) is 0 Å². The molecule has 2 aromatic rings. The van der Waals surface area contributed by atoms with Gasteiger partial charge >= 0.3 is 0 Å². The fourth-order valence-corrected chi connectivity index (χ4v) is 1.73. The number of ether oxygens (including phenoxy) is 1. The largest absolute Gasteiger partial charge is 0.489 e. The molecule has 2 rings (SSSR count). The predicted molar refractivity (Wildman–Crippen MR) is 69.7 cm³/mol. The Hall–Kier alpha value is -2.54. The molecule has 0 aliphatic heterocycles. The molecule has 0 fully saturated rings. The molecule has 0 saturated heterocycles. The molecule has 110 valence electrons. The van der Waals surface area contributed by atoms with Gasteiger partial charge in [-0.25, -0.2) is 8.78 Å². The predicted octanol–water partition coefficient (Wildman–Crippen LogP) is 2.94. The number of halogens is 2. The van der Waals surface area contributed by atoms with Gasteiger partial charge < -0.3 is 9.84 Å². The third kappa shape index (κ3) is 3.51. The lowest BCUT2D eigenvalue weighted by molar-refractivity contribution is -0.385. The van der Waals surface area contributed by atoms with Gasteiger partial charge in [-0.05, 0) is 23.8 Å². The molecule has 1 N–H and O–H groups in total. The maximum Gasteiger partial charge on any atom is 0.270 e. The highest BCUT2D eigenvalue weighted by Crippen LogP contribution is 2.25. The Morgan fingerprint density at radius 2 is 1.90 bits per heavy atom. The number of benzene rings is 2. The molecule has 0 aliphatic rings. The van der Waals surface area contributed by atoms with Gasteiger partial charge in [0.15, 0.2) is 11.6 Å². The third-order valence-electron chi connectivity index (χ3n) is 2.80. The van der Waals surface area contributed by atoms with Crippen molar-refractivity contribution in [1.82, 2.24) is 0 Å². The first-order chi connectivity index (χ1) is 10.0. The monoisotopic (exact) mass is 295 g/mol. The third-order valence-corrected chi connectivity index (χ3v) is 2.80. The molecule has 2 aromatic carbocycles. The maximum atomic E-state index is 13.0. The van der Waals surface area contributed by atoms with E-state index in [0.29, 0.717) is 5.56 Å². The van der Waals surface area contributed by atoms with Crippen molar-refractivity contribution in [1.29, 1.82) is 0 Å². The van der Waals surface area contributed by atoms with E-state index in [0.717, 1.165) is 12.1 Å². The highest BCUT2D eigenvalue weighted by atomic mass is 19.2. The fourth-order valence-electron chi connectivity index (χ4n) is 1.73. The molecule has 0 saturated carbocycles. The molecule has 21 heavy (non-hydrogen) atoms. The second kappa shape index (κ2) is 6.27. The summed E-state index contributed by atoms with van der Waals surface area (Å²) in [6.45, 7) is -0.489. The molecule has 0 unspecified atom stereocenters. The number of aliphatic hydroxyl groups excluding tert-OH is 1. The van der Waals surface area contributed by atoms with Crippen molar-refractivity contribution in [2.45, 2.75) is 13.2 Å². The molecule has 0 atom stereocenters. The van der Waals surface area contributed by atoms with Crippen LogP contribution in [-0.4, -0.2) is 10.0 Å². The summed E-state index contributed by atoms with van der Waals surface area (Å²) in [4.78, 5) is 10.1. The summed E-state index contributed by atoms with van der Waals surface area (Å²) in [5.74, 6) is -1.69. The van der Waals surface area contributed by atoms with E-state index >= 15 is 0 Å². The first-order valence-electron chi connectivity index (χ1n) is 5.96.